The number of benzene rings is 1. The van der Waals surface area contributed by atoms with Crippen LogP contribution in [-0.4, -0.2) is 22.9 Å². The van der Waals surface area contributed by atoms with E-state index in [2.05, 4.69) is 9.84 Å². The molecule has 0 unspecified atom stereocenters. The smallest absolute Gasteiger partial charge is 0.338 e. The van der Waals surface area contributed by atoms with Gasteiger partial charge in [-0.05, 0) is 25.0 Å². The second-order valence-corrected chi connectivity index (χ2v) is 4.61. The molecule has 6 heteroatoms. The van der Waals surface area contributed by atoms with Crippen LogP contribution in [0.25, 0.3) is 10.9 Å². The molecule has 0 radical (unpaired) electrons. The van der Waals surface area contributed by atoms with E-state index in [9.17, 15) is 13.6 Å². The van der Waals surface area contributed by atoms with Crippen LogP contribution in [0.3, 0.4) is 0 Å². The molecule has 1 aliphatic rings. The second-order valence-electron chi connectivity index (χ2n) is 4.61. The standard InChI is InChI=1S/C13H12F2N2O2/c1-19-13(18)9-4-7(12(14)15)5-11-10(9)6-16-17(11)8-2-3-8/h4-6,8,12H,2-3H2,1H3. The molecule has 2 aromatic rings. The van der Waals surface area contributed by atoms with Crippen molar-refractivity contribution in [3.8, 4) is 0 Å². The number of fused-ring (bicyclic) bond motifs is 1. The number of carbonyl (C=O) groups excluding carboxylic acids is 1. The lowest BCUT2D eigenvalue weighted by Crippen LogP contribution is -2.04. The summed E-state index contributed by atoms with van der Waals surface area (Å²) in [6.45, 7) is 0. The minimum Gasteiger partial charge on any atom is -0.465 e. The Kier molecular flexibility index (Phi) is 2.73. The highest BCUT2D eigenvalue weighted by molar-refractivity contribution is 6.03. The van der Waals surface area contributed by atoms with Gasteiger partial charge in [0.1, 0.15) is 0 Å². The lowest BCUT2D eigenvalue weighted by atomic mass is 10.1. The maximum absolute atomic E-state index is 12.9. The first kappa shape index (κ1) is 12.1. The van der Waals surface area contributed by atoms with Crippen molar-refractivity contribution in [3.05, 3.63) is 29.5 Å². The van der Waals surface area contributed by atoms with Crippen LogP contribution in [0.4, 0.5) is 8.78 Å². The highest BCUT2D eigenvalue weighted by atomic mass is 19.3. The lowest BCUT2D eigenvalue weighted by molar-refractivity contribution is 0.0602. The van der Waals surface area contributed by atoms with Crippen LogP contribution in [0.5, 0.6) is 0 Å². The predicted octanol–water partition coefficient (Wildman–Crippen LogP) is 3.10. The van der Waals surface area contributed by atoms with E-state index in [1.54, 1.807) is 4.68 Å². The van der Waals surface area contributed by atoms with Crippen molar-refractivity contribution in [1.82, 2.24) is 9.78 Å². The summed E-state index contributed by atoms with van der Waals surface area (Å²) in [4.78, 5) is 11.7. The topological polar surface area (TPSA) is 44.1 Å². The van der Waals surface area contributed by atoms with Crippen LogP contribution >= 0.6 is 0 Å². The van der Waals surface area contributed by atoms with Crippen LogP contribution in [0.2, 0.25) is 0 Å². The Bertz CT molecular complexity index is 647. The van der Waals surface area contributed by atoms with E-state index in [0.29, 0.717) is 10.9 Å². The number of nitrogens with zero attached hydrogens (tertiary/aromatic N) is 2. The van der Waals surface area contributed by atoms with Crippen molar-refractivity contribution in [1.29, 1.82) is 0 Å². The molecule has 0 saturated heterocycles. The minimum atomic E-state index is -2.63. The fraction of sp³-hybridized carbons (Fsp3) is 0.385. The van der Waals surface area contributed by atoms with Crippen LogP contribution in [0, 0.1) is 0 Å². The van der Waals surface area contributed by atoms with Gasteiger partial charge >= 0.3 is 5.97 Å². The minimum absolute atomic E-state index is 0.141. The van der Waals surface area contributed by atoms with Crippen LogP contribution in [-0.2, 0) is 4.74 Å². The van der Waals surface area contributed by atoms with Gasteiger partial charge in [0, 0.05) is 10.9 Å². The quantitative estimate of drug-likeness (QED) is 0.802. The van der Waals surface area contributed by atoms with Crippen LogP contribution < -0.4 is 0 Å². The average molecular weight is 266 g/mol. The highest BCUT2D eigenvalue weighted by Crippen LogP contribution is 2.38. The zero-order chi connectivity index (χ0) is 13.6. The van der Waals surface area contributed by atoms with Crippen molar-refractivity contribution in [2.24, 2.45) is 0 Å². The SMILES string of the molecule is COC(=O)c1cc(C(F)F)cc2c1cnn2C1CC1. The Balaban J connectivity index is 2.25. The van der Waals surface area contributed by atoms with Crippen molar-refractivity contribution in [2.45, 2.75) is 25.3 Å². The van der Waals surface area contributed by atoms with Gasteiger partial charge in [-0.15, -0.1) is 0 Å². The van der Waals surface area contributed by atoms with E-state index < -0.39 is 12.4 Å². The zero-order valence-corrected chi connectivity index (χ0v) is 10.3. The summed E-state index contributed by atoms with van der Waals surface area (Å²) in [5.74, 6) is -0.622. The Morgan fingerprint density at radius 2 is 2.21 bits per heavy atom. The van der Waals surface area contributed by atoms with E-state index >= 15 is 0 Å². The van der Waals surface area contributed by atoms with E-state index in [1.807, 2.05) is 0 Å². The fourth-order valence-electron chi connectivity index (χ4n) is 2.18. The van der Waals surface area contributed by atoms with Gasteiger partial charge in [0.15, 0.2) is 0 Å². The van der Waals surface area contributed by atoms with Gasteiger partial charge < -0.3 is 4.74 Å². The fourth-order valence-corrected chi connectivity index (χ4v) is 2.18. The van der Waals surface area contributed by atoms with Gasteiger partial charge in [0.2, 0.25) is 0 Å². The van der Waals surface area contributed by atoms with E-state index in [0.717, 1.165) is 12.8 Å². The molecule has 19 heavy (non-hydrogen) atoms. The molecule has 4 nitrogen and oxygen atoms in total. The molecule has 3 rings (SSSR count). The molecule has 0 bridgehead atoms. The van der Waals surface area contributed by atoms with Crippen molar-refractivity contribution in [2.75, 3.05) is 7.11 Å². The number of aromatic nitrogens is 2. The molecule has 100 valence electrons. The summed E-state index contributed by atoms with van der Waals surface area (Å²) in [7, 11) is 1.23. The number of esters is 1. The third-order valence-corrected chi connectivity index (χ3v) is 3.29. The first-order chi connectivity index (χ1) is 9.11. The van der Waals surface area contributed by atoms with Gasteiger partial charge in [-0.1, -0.05) is 0 Å². The summed E-state index contributed by atoms with van der Waals surface area (Å²) in [6, 6.07) is 2.84. The van der Waals surface area contributed by atoms with Crippen molar-refractivity contribution < 1.29 is 18.3 Å². The summed E-state index contributed by atoms with van der Waals surface area (Å²) in [6.07, 6.45) is 0.886. The van der Waals surface area contributed by atoms with Gasteiger partial charge in [0.25, 0.3) is 6.43 Å². The van der Waals surface area contributed by atoms with Crippen LogP contribution in [0.1, 0.15) is 41.2 Å². The maximum Gasteiger partial charge on any atom is 0.338 e. The predicted molar refractivity (Wildman–Crippen MR) is 64.3 cm³/mol. The van der Waals surface area contributed by atoms with Gasteiger partial charge in [-0.25, -0.2) is 13.6 Å². The average Bonchev–Trinajstić information content (AvgIpc) is 3.16. The number of hydrogen-bond donors (Lipinski definition) is 0. The molecule has 1 aliphatic carbocycles. The first-order valence-electron chi connectivity index (χ1n) is 5.99. The number of rotatable bonds is 3. The maximum atomic E-state index is 12.9. The molecule has 1 aromatic heterocycles. The molecule has 0 amide bonds. The number of methoxy groups -OCH3 is 1. The summed E-state index contributed by atoms with van der Waals surface area (Å²) in [5, 5.41) is 4.76. The molecule has 1 saturated carbocycles. The lowest BCUT2D eigenvalue weighted by Gasteiger charge is -2.07. The normalized spacial score (nSPS) is 15.2. The largest absolute Gasteiger partial charge is 0.465 e. The first-order valence-corrected chi connectivity index (χ1v) is 5.99. The summed E-state index contributed by atoms with van der Waals surface area (Å²) < 4.78 is 32.2. The van der Waals surface area contributed by atoms with E-state index in [-0.39, 0.29) is 17.2 Å². The Morgan fingerprint density at radius 3 is 2.79 bits per heavy atom. The van der Waals surface area contributed by atoms with Gasteiger partial charge in [-0.3, -0.25) is 4.68 Å². The third-order valence-electron chi connectivity index (χ3n) is 3.29. The number of alkyl halides is 2. The molecule has 1 fully saturated rings. The Morgan fingerprint density at radius 1 is 1.47 bits per heavy atom. The molecule has 0 aliphatic heterocycles. The third kappa shape index (κ3) is 1.97. The van der Waals surface area contributed by atoms with Gasteiger partial charge in [0.05, 0.1) is 30.4 Å². The Labute approximate surface area is 108 Å². The van der Waals surface area contributed by atoms with Crippen molar-refractivity contribution in [3.63, 3.8) is 0 Å². The van der Waals surface area contributed by atoms with Crippen molar-refractivity contribution >= 4 is 16.9 Å². The van der Waals surface area contributed by atoms with Crippen LogP contribution in [0.15, 0.2) is 18.3 Å². The zero-order valence-electron chi connectivity index (χ0n) is 10.3. The molecular formula is C13H12F2N2O2. The van der Waals surface area contributed by atoms with E-state index in [1.165, 1.54) is 25.4 Å². The monoisotopic (exact) mass is 266 g/mol. The molecular weight excluding hydrogens is 254 g/mol. The number of ether oxygens (including phenoxy) is 1. The molecule has 1 heterocycles. The molecule has 0 N–H and O–H groups in total. The molecule has 0 spiro atoms. The summed E-state index contributed by atoms with van der Waals surface area (Å²) in [5.41, 5.74) is 0.526. The number of hydrogen-bond acceptors (Lipinski definition) is 3. The summed E-state index contributed by atoms with van der Waals surface area (Å²) >= 11 is 0. The second kappa shape index (κ2) is 4.29. The molecule has 1 aromatic carbocycles. The molecule has 0 atom stereocenters. The number of carbonyl (C=O) groups is 1. The Hall–Kier alpha value is -1.98. The van der Waals surface area contributed by atoms with E-state index in [4.69, 9.17) is 0 Å². The highest BCUT2D eigenvalue weighted by Gasteiger charge is 2.28. The van der Waals surface area contributed by atoms with Gasteiger partial charge in [-0.2, -0.15) is 5.10 Å². The number of halogens is 2.